The van der Waals surface area contributed by atoms with Gasteiger partial charge in [-0.05, 0) is 26.2 Å². The minimum Gasteiger partial charge on any atom is -0.464 e. The minimum absolute atomic E-state index is 0.263. The third kappa shape index (κ3) is 3.73. The number of fused-ring (bicyclic) bond motifs is 1. The van der Waals surface area contributed by atoms with Gasteiger partial charge < -0.3 is 9.64 Å². The maximum absolute atomic E-state index is 12.1. The van der Waals surface area contributed by atoms with Gasteiger partial charge in [-0.15, -0.1) is 11.8 Å². The molecule has 0 aliphatic carbocycles. The van der Waals surface area contributed by atoms with Gasteiger partial charge in [0.05, 0.1) is 7.11 Å². The number of benzene rings is 1. The highest BCUT2D eigenvalue weighted by Crippen LogP contribution is 2.32. The Balaban J connectivity index is 2.36. The van der Waals surface area contributed by atoms with Crippen LogP contribution in [0.4, 0.5) is 5.82 Å². The normalized spacial score (nSPS) is 10.8. The zero-order chi connectivity index (χ0) is 19.4. The van der Waals surface area contributed by atoms with E-state index in [9.17, 15) is 4.79 Å². The van der Waals surface area contributed by atoms with Crippen LogP contribution in [0.15, 0.2) is 41.3 Å². The van der Waals surface area contributed by atoms with Crippen molar-refractivity contribution in [1.82, 2.24) is 15.0 Å². The molecule has 3 aromatic rings. The Morgan fingerprint density at radius 3 is 2.37 bits per heavy atom. The molecule has 0 bridgehead atoms. The number of esters is 1. The van der Waals surface area contributed by atoms with E-state index in [1.807, 2.05) is 36.6 Å². The third-order valence-electron chi connectivity index (χ3n) is 4.31. The Bertz CT molecular complexity index is 959. The molecule has 2 heterocycles. The Morgan fingerprint density at radius 1 is 1.07 bits per heavy atom. The van der Waals surface area contributed by atoms with E-state index in [2.05, 4.69) is 23.7 Å². The molecule has 0 spiro atoms. The molecule has 27 heavy (non-hydrogen) atoms. The number of aromatic nitrogens is 3. The van der Waals surface area contributed by atoms with E-state index in [4.69, 9.17) is 14.7 Å². The van der Waals surface area contributed by atoms with Crippen LogP contribution in [0.3, 0.4) is 0 Å². The van der Waals surface area contributed by atoms with E-state index in [1.165, 1.54) is 18.9 Å². The van der Waals surface area contributed by atoms with Crippen LogP contribution in [-0.2, 0) is 4.74 Å². The standard InChI is InChI=1S/C20H22N4O2S/c1-5-24(6-2)19-17-16(15(27-4)12-14(21-17)20(25)26-3)22-18(23-19)13-10-8-7-9-11-13/h7-12H,5-6H2,1-4H3. The van der Waals surface area contributed by atoms with Gasteiger partial charge in [-0.1, -0.05) is 30.3 Å². The number of nitrogens with zero attached hydrogens (tertiary/aromatic N) is 4. The summed E-state index contributed by atoms with van der Waals surface area (Å²) in [7, 11) is 1.35. The van der Waals surface area contributed by atoms with E-state index in [0.717, 1.165) is 34.9 Å². The lowest BCUT2D eigenvalue weighted by molar-refractivity contribution is 0.0594. The Hall–Kier alpha value is -2.67. The van der Waals surface area contributed by atoms with Gasteiger partial charge in [-0.2, -0.15) is 0 Å². The second kappa shape index (κ2) is 8.35. The molecule has 7 heteroatoms. The van der Waals surface area contributed by atoms with E-state index in [0.29, 0.717) is 11.3 Å². The van der Waals surface area contributed by atoms with Crippen molar-refractivity contribution in [2.75, 3.05) is 31.4 Å². The average Bonchev–Trinajstić information content (AvgIpc) is 2.73. The lowest BCUT2D eigenvalue weighted by atomic mass is 10.2. The number of hydrogen-bond acceptors (Lipinski definition) is 7. The van der Waals surface area contributed by atoms with Crippen molar-refractivity contribution in [2.45, 2.75) is 18.7 Å². The molecule has 0 radical (unpaired) electrons. The summed E-state index contributed by atoms with van der Waals surface area (Å²) < 4.78 is 4.87. The quantitative estimate of drug-likeness (QED) is 0.471. The van der Waals surface area contributed by atoms with Gasteiger partial charge >= 0.3 is 5.97 Å². The number of rotatable bonds is 6. The van der Waals surface area contributed by atoms with Crippen molar-refractivity contribution < 1.29 is 9.53 Å². The Labute approximate surface area is 163 Å². The summed E-state index contributed by atoms with van der Waals surface area (Å²) in [5, 5.41) is 0. The molecule has 1 aromatic carbocycles. The van der Waals surface area contributed by atoms with Crippen molar-refractivity contribution in [3.05, 3.63) is 42.1 Å². The average molecular weight is 382 g/mol. The van der Waals surface area contributed by atoms with Gasteiger partial charge in [-0.25, -0.2) is 19.7 Å². The number of carbonyl (C=O) groups excluding carboxylic acids is 1. The maximum Gasteiger partial charge on any atom is 0.356 e. The topological polar surface area (TPSA) is 68.2 Å². The number of methoxy groups -OCH3 is 1. The van der Waals surface area contributed by atoms with Crippen LogP contribution in [0, 0.1) is 0 Å². The molecule has 0 saturated carbocycles. The highest BCUT2D eigenvalue weighted by molar-refractivity contribution is 7.98. The largest absolute Gasteiger partial charge is 0.464 e. The van der Waals surface area contributed by atoms with Gasteiger partial charge in [0.1, 0.15) is 16.7 Å². The highest BCUT2D eigenvalue weighted by atomic mass is 32.2. The first kappa shape index (κ1) is 19.1. The van der Waals surface area contributed by atoms with E-state index >= 15 is 0 Å². The summed E-state index contributed by atoms with van der Waals surface area (Å²) in [5.74, 6) is 0.905. The summed E-state index contributed by atoms with van der Waals surface area (Å²) in [6.45, 7) is 5.68. The molecule has 0 aliphatic heterocycles. The smallest absolute Gasteiger partial charge is 0.356 e. The molecular weight excluding hydrogens is 360 g/mol. The molecular formula is C20H22N4O2S. The first-order chi connectivity index (χ1) is 13.1. The predicted octanol–water partition coefficient (Wildman–Crippen LogP) is 4.05. The van der Waals surface area contributed by atoms with Crippen LogP contribution in [0.5, 0.6) is 0 Å². The Morgan fingerprint density at radius 2 is 1.78 bits per heavy atom. The van der Waals surface area contributed by atoms with Crippen molar-refractivity contribution >= 4 is 34.6 Å². The van der Waals surface area contributed by atoms with Gasteiger partial charge in [0.25, 0.3) is 0 Å². The van der Waals surface area contributed by atoms with Crippen LogP contribution in [0.2, 0.25) is 0 Å². The fraction of sp³-hybridized carbons (Fsp3) is 0.300. The highest BCUT2D eigenvalue weighted by Gasteiger charge is 2.20. The van der Waals surface area contributed by atoms with Gasteiger partial charge in [0, 0.05) is 23.5 Å². The summed E-state index contributed by atoms with van der Waals surface area (Å²) >= 11 is 1.52. The maximum atomic E-state index is 12.1. The summed E-state index contributed by atoms with van der Waals surface area (Å²) in [5.41, 5.74) is 2.56. The first-order valence-electron chi connectivity index (χ1n) is 8.78. The fourth-order valence-electron chi connectivity index (χ4n) is 2.89. The lowest BCUT2D eigenvalue weighted by Gasteiger charge is -2.22. The number of anilines is 1. The molecule has 140 valence electrons. The van der Waals surface area contributed by atoms with E-state index in [-0.39, 0.29) is 5.69 Å². The van der Waals surface area contributed by atoms with Crippen LogP contribution >= 0.6 is 11.8 Å². The number of ether oxygens (including phenoxy) is 1. The van der Waals surface area contributed by atoms with Gasteiger partial charge in [0.15, 0.2) is 11.6 Å². The molecule has 3 rings (SSSR count). The van der Waals surface area contributed by atoms with Crippen molar-refractivity contribution in [2.24, 2.45) is 0 Å². The SMILES string of the molecule is CCN(CC)c1nc(-c2ccccc2)nc2c(SC)cc(C(=O)OC)nc12. The van der Waals surface area contributed by atoms with Crippen LogP contribution < -0.4 is 4.90 Å². The molecule has 0 saturated heterocycles. The number of pyridine rings is 1. The van der Waals surface area contributed by atoms with Crippen LogP contribution in [0.1, 0.15) is 24.3 Å². The number of carbonyl (C=O) groups is 1. The zero-order valence-electron chi connectivity index (χ0n) is 15.9. The van der Waals surface area contributed by atoms with Crippen molar-refractivity contribution in [3.63, 3.8) is 0 Å². The molecule has 0 amide bonds. The lowest BCUT2D eigenvalue weighted by Crippen LogP contribution is -2.24. The van der Waals surface area contributed by atoms with Crippen LogP contribution in [0.25, 0.3) is 22.4 Å². The molecule has 0 N–H and O–H groups in total. The summed E-state index contributed by atoms with van der Waals surface area (Å²) in [6, 6.07) is 11.6. The molecule has 0 aliphatic rings. The summed E-state index contributed by atoms with van der Waals surface area (Å²) in [4.78, 5) is 29.2. The second-order valence-electron chi connectivity index (χ2n) is 5.81. The Kier molecular flexibility index (Phi) is 5.91. The number of thioether (sulfide) groups is 1. The molecule has 6 nitrogen and oxygen atoms in total. The number of hydrogen-bond donors (Lipinski definition) is 0. The predicted molar refractivity (Wildman–Crippen MR) is 109 cm³/mol. The van der Waals surface area contributed by atoms with Crippen molar-refractivity contribution in [1.29, 1.82) is 0 Å². The molecule has 2 aromatic heterocycles. The van der Waals surface area contributed by atoms with Gasteiger partial charge in [-0.3, -0.25) is 0 Å². The second-order valence-corrected chi connectivity index (χ2v) is 6.66. The fourth-order valence-corrected chi connectivity index (χ4v) is 3.45. The minimum atomic E-state index is -0.468. The molecule has 0 atom stereocenters. The molecule has 0 fully saturated rings. The van der Waals surface area contributed by atoms with Gasteiger partial charge in [0.2, 0.25) is 0 Å². The van der Waals surface area contributed by atoms with Crippen LogP contribution in [-0.4, -0.2) is 47.4 Å². The molecule has 0 unspecified atom stereocenters. The van der Waals surface area contributed by atoms with Crippen molar-refractivity contribution in [3.8, 4) is 11.4 Å². The monoisotopic (exact) mass is 382 g/mol. The third-order valence-corrected chi connectivity index (χ3v) is 5.06. The zero-order valence-corrected chi connectivity index (χ0v) is 16.7. The summed E-state index contributed by atoms with van der Waals surface area (Å²) in [6.07, 6.45) is 1.96. The van der Waals surface area contributed by atoms with E-state index < -0.39 is 5.97 Å². The van der Waals surface area contributed by atoms with E-state index in [1.54, 1.807) is 6.07 Å². The first-order valence-corrected chi connectivity index (χ1v) is 10.0.